The Bertz CT molecular complexity index is 259. The van der Waals surface area contributed by atoms with Crippen LogP contribution in [-0.4, -0.2) is 9.55 Å². The highest BCUT2D eigenvalue weighted by Gasteiger charge is 2.03. The zero-order chi connectivity index (χ0) is 12.3. The molecule has 0 radical (unpaired) electrons. The zero-order valence-corrected chi connectivity index (χ0v) is 11.9. The summed E-state index contributed by atoms with van der Waals surface area (Å²) >= 11 is 4.58. The van der Waals surface area contributed by atoms with E-state index in [9.17, 15) is 0 Å². The van der Waals surface area contributed by atoms with E-state index in [2.05, 4.69) is 29.1 Å². The van der Waals surface area contributed by atoms with Gasteiger partial charge in [-0.15, -0.1) is 0 Å². The van der Waals surface area contributed by atoms with E-state index in [1.165, 1.54) is 51.4 Å². The number of unbranched alkanes of at least 4 members (excludes halogenated alkanes) is 7. The first kappa shape index (κ1) is 14.6. The minimum Gasteiger partial charge on any atom is -0.325 e. The molecule has 1 heterocycles. The standard InChI is InChI=1S/C14H26N2S/c1-2-3-4-5-6-7-8-9-10-14(17)16-12-11-15-13-16/h11-14,17H,2-10H2,1H3. The van der Waals surface area contributed by atoms with Crippen LogP contribution in [0, 0.1) is 0 Å². The summed E-state index contributed by atoms with van der Waals surface area (Å²) in [7, 11) is 0. The second-order valence-corrected chi connectivity index (χ2v) is 5.35. The summed E-state index contributed by atoms with van der Waals surface area (Å²) in [6, 6.07) is 0. The van der Waals surface area contributed by atoms with Gasteiger partial charge in [0.15, 0.2) is 0 Å². The second kappa shape index (κ2) is 9.58. The molecule has 0 saturated carbocycles. The van der Waals surface area contributed by atoms with E-state index in [1.54, 1.807) is 0 Å². The molecule has 17 heavy (non-hydrogen) atoms. The number of hydrogen-bond acceptors (Lipinski definition) is 2. The number of thiol groups is 1. The van der Waals surface area contributed by atoms with Crippen LogP contribution >= 0.6 is 12.6 Å². The molecule has 0 aromatic carbocycles. The average molecular weight is 254 g/mol. The average Bonchev–Trinajstić information content (AvgIpc) is 2.86. The minimum atomic E-state index is 0.303. The molecule has 0 N–H and O–H groups in total. The van der Waals surface area contributed by atoms with Crippen LogP contribution in [0.4, 0.5) is 0 Å². The maximum atomic E-state index is 4.58. The van der Waals surface area contributed by atoms with Crippen LogP contribution in [0.1, 0.15) is 70.1 Å². The van der Waals surface area contributed by atoms with Crippen molar-refractivity contribution >= 4 is 12.6 Å². The van der Waals surface area contributed by atoms with Gasteiger partial charge in [-0.25, -0.2) is 4.98 Å². The molecule has 0 saturated heterocycles. The van der Waals surface area contributed by atoms with Crippen molar-refractivity contribution in [1.82, 2.24) is 9.55 Å². The zero-order valence-electron chi connectivity index (χ0n) is 11.0. The van der Waals surface area contributed by atoms with Gasteiger partial charge in [-0.2, -0.15) is 12.6 Å². The van der Waals surface area contributed by atoms with E-state index >= 15 is 0 Å². The van der Waals surface area contributed by atoms with Crippen molar-refractivity contribution in [2.24, 2.45) is 0 Å². The molecule has 0 fully saturated rings. The maximum absolute atomic E-state index is 4.58. The van der Waals surface area contributed by atoms with Crippen molar-refractivity contribution in [1.29, 1.82) is 0 Å². The second-order valence-electron chi connectivity index (χ2n) is 4.75. The van der Waals surface area contributed by atoms with E-state index in [4.69, 9.17) is 0 Å². The number of imidazole rings is 1. The van der Waals surface area contributed by atoms with Gasteiger partial charge >= 0.3 is 0 Å². The lowest BCUT2D eigenvalue weighted by molar-refractivity contribution is 0.533. The molecule has 0 aliphatic carbocycles. The van der Waals surface area contributed by atoms with Crippen molar-refractivity contribution in [2.45, 2.75) is 70.1 Å². The molecule has 0 bridgehead atoms. The largest absolute Gasteiger partial charge is 0.325 e. The van der Waals surface area contributed by atoms with E-state index in [0.717, 1.165) is 6.42 Å². The molecule has 1 rings (SSSR count). The molecular weight excluding hydrogens is 228 g/mol. The van der Waals surface area contributed by atoms with Crippen LogP contribution < -0.4 is 0 Å². The molecule has 0 spiro atoms. The Morgan fingerprint density at radius 1 is 1.06 bits per heavy atom. The van der Waals surface area contributed by atoms with Crippen LogP contribution in [0.25, 0.3) is 0 Å². The Morgan fingerprint density at radius 2 is 1.71 bits per heavy atom. The molecule has 0 aliphatic rings. The lowest BCUT2D eigenvalue weighted by atomic mass is 10.1. The highest BCUT2D eigenvalue weighted by Crippen LogP contribution is 2.19. The number of rotatable bonds is 10. The number of hydrogen-bond donors (Lipinski definition) is 1. The molecule has 1 atom stereocenters. The van der Waals surface area contributed by atoms with Crippen molar-refractivity contribution in [3.05, 3.63) is 18.7 Å². The first-order chi connectivity index (χ1) is 8.34. The summed E-state index contributed by atoms with van der Waals surface area (Å²) < 4.78 is 2.07. The van der Waals surface area contributed by atoms with Crippen LogP contribution in [0.5, 0.6) is 0 Å². The molecule has 3 heteroatoms. The number of nitrogens with zero attached hydrogens (tertiary/aromatic N) is 2. The van der Waals surface area contributed by atoms with Crippen molar-refractivity contribution < 1.29 is 0 Å². The van der Waals surface area contributed by atoms with Crippen LogP contribution in [0.2, 0.25) is 0 Å². The fraction of sp³-hybridized carbons (Fsp3) is 0.786. The summed E-state index contributed by atoms with van der Waals surface area (Å²) in [5.74, 6) is 0. The van der Waals surface area contributed by atoms with Gasteiger partial charge in [0.05, 0.1) is 11.7 Å². The third-order valence-corrected chi connectivity index (χ3v) is 3.71. The van der Waals surface area contributed by atoms with Crippen molar-refractivity contribution in [3.63, 3.8) is 0 Å². The van der Waals surface area contributed by atoms with Gasteiger partial charge in [-0.05, 0) is 6.42 Å². The fourth-order valence-electron chi connectivity index (χ4n) is 2.06. The van der Waals surface area contributed by atoms with Crippen molar-refractivity contribution in [3.8, 4) is 0 Å². The maximum Gasteiger partial charge on any atom is 0.0955 e. The Labute approximate surface area is 111 Å². The SMILES string of the molecule is CCCCCCCCCCC(S)n1ccnc1. The lowest BCUT2D eigenvalue weighted by Crippen LogP contribution is -1.99. The Morgan fingerprint density at radius 3 is 2.29 bits per heavy atom. The molecule has 98 valence electrons. The summed E-state index contributed by atoms with van der Waals surface area (Å²) in [5.41, 5.74) is 0. The normalized spacial score (nSPS) is 12.8. The predicted molar refractivity (Wildman–Crippen MR) is 77.5 cm³/mol. The summed E-state index contributed by atoms with van der Waals surface area (Å²) in [6.07, 6.45) is 17.8. The molecule has 0 aliphatic heterocycles. The van der Waals surface area contributed by atoms with Gasteiger partial charge in [0.1, 0.15) is 0 Å². The third-order valence-electron chi connectivity index (χ3n) is 3.18. The summed E-state index contributed by atoms with van der Waals surface area (Å²) in [4.78, 5) is 4.04. The van der Waals surface area contributed by atoms with E-state index < -0.39 is 0 Å². The molecule has 2 nitrogen and oxygen atoms in total. The Hall–Kier alpha value is -0.440. The molecular formula is C14H26N2S. The van der Waals surface area contributed by atoms with Gasteiger partial charge in [-0.1, -0.05) is 58.3 Å². The molecule has 1 aromatic heterocycles. The highest BCUT2D eigenvalue weighted by atomic mass is 32.1. The first-order valence-electron chi connectivity index (χ1n) is 7.00. The van der Waals surface area contributed by atoms with Crippen LogP contribution in [0.3, 0.4) is 0 Å². The first-order valence-corrected chi connectivity index (χ1v) is 7.51. The van der Waals surface area contributed by atoms with E-state index in [-0.39, 0.29) is 0 Å². The van der Waals surface area contributed by atoms with E-state index in [1.807, 2.05) is 18.7 Å². The number of aromatic nitrogens is 2. The predicted octanol–water partition coefficient (Wildman–Crippen LogP) is 4.84. The van der Waals surface area contributed by atoms with Gasteiger partial charge in [0.25, 0.3) is 0 Å². The Balaban J connectivity index is 1.90. The summed E-state index contributed by atoms with van der Waals surface area (Å²) in [5, 5.41) is 0.303. The highest BCUT2D eigenvalue weighted by molar-refractivity contribution is 7.80. The van der Waals surface area contributed by atoms with Gasteiger partial charge in [-0.3, -0.25) is 0 Å². The quantitative estimate of drug-likeness (QED) is 0.467. The van der Waals surface area contributed by atoms with E-state index in [0.29, 0.717) is 5.37 Å². The molecule has 0 amide bonds. The minimum absolute atomic E-state index is 0.303. The van der Waals surface area contributed by atoms with Crippen LogP contribution in [0.15, 0.2) is 18.7 Å². The molecule has 1 aromatic rings. The molecule has 1 unspecified atom stereocenters. The van der Waals surface area contributed by atoms with Crippen molar-refractivity contribution in [2.75, 3.05) is 0 Å². The monoisotopic (exact) mass is 254 g/mol. The topological polar surface area (TPSA) is 17.8 Å². The smallest absolute Gasteiger partial charge is 0.0955 e. The fourth-order valence-corrected chi connectivity index (χ4v) is 2.37. The van der Waals surface area contributed by atoms with Gasteiger partial charge in [0, 0.05) is 12.4 Å². The summed E-state index contributed by atoms with van der Waals surface area (Å²) in [6.45, 7) is 2.27. The van der Waals surface area contributed by atoms with Gasteiger partial charge in [0.2, 0.25) is 0 Å². The van der Waals surface area contributed by atoms with Gasteiger partial charge < -0.3 is 4.57 Å². The van der Waals surface area contributed by atoms with Crippen LogP contribution in [-0.2, 0) is 0 Å². The Kier molecular flexibility index (Phi) is 8.24. The third kappa shape index (κ3) is 6.77. The lowest BCUT2D eigenvalue weighted by Gasteiger charge is -2.11.